The first-order chi connectivity index (χ1) is 12.1. The molecule has 0 heterocycles. The number of hydrogen-bond acceptors (Lipinski definition) is 3. The largest absolute Gasteiger partial charge is 0.490 e. The molecule has 1 N–H and O–H groups in total. The smallest absolute Gasteiger partial charge is 0.175 e. The Morgan fingerprint density at radius 2 is 1.80 bits per heavy atom. The first-order valence-electron chi connectivity index (χ1n) is 8.28. The molecule has 0 saturated heterocycles. The molecule has 0 radical (unpaired) electrons. The van der Waals surface area contributed by atoms with Crippen molar-refractivity contribution in [1.29, 1.82) is 0 Å². The van der Waals surface area contributed by atoms with Gasteiger partial charge in [-0.15, -0.1) is 0 Å². The van der Waals surface area contributed by atoms with E-state index >= 15 is 0 Å². The Morgan fingerprint density at radius 1 is 1.08 bits per heavy atom. The highest BCUT2D eigenvalue weighted by Crippen LogP contribution is 2.38. The fourth-order valence-electron chi connectivity index (χ4n) is 2.35. The Hall–Kier alpha value is -0.940. The highest BCUT2D eigenvalue weighted by molar-refractivity contribution is 9.10. The summed E-state index contributed by atoms with van der Waals surface area (Å²) in [6.07, 6.45) is 1.10. The Balaban J connectivity index is 2.21. The van der Waals surface area contributed by atoms with Crippen LogP contribution in [-0.2, 0) is 13.2 Å². The molecule has 0 fully saturated rings. The first kappa shape index (κ1) is 20.4. The van der Waals surface area contributed by atoms with Crippen LogP contribution in [0, 0.1) is 0 Å². The van der Waals surface area contributed by atoms with Gasteiger partial charge >= 0.3 is 0 Å². The van der Waals surface area contributed by atoms with Crippen molar-refractivity contribution in [2.45, 2.75) is 33.4 Å². The van der Waals surface area contributed by atoms with E-state index in [1.54, 1.807) is 12.1 Å². The number of ether oxygens (including phenoxy) is 2. The van der Waals surface area contributed by atoms with Crippen molar-refractivity contribution >= 4 is 39.1 Å². The average Bonchev–Trinajstić information content (AvgIpc) is 2.57. The minimum absolute atomic E-state index is 0.268. The van der Waals surface area contributed by atoms with E-state index in [0.29, 0.717) is 28.2 Å². The summed E-state index contributed by atoms with van der Waals surface area (Å²) in [6.45, 7) is 6.68. The molecular formula is C19H22BrCl2NO2. The van der Waals surface area contributed by atoms with E-state index in [-0.39, 0.29) is 6.61 Å². The van der Waals surface area contributed by atoms with Crippen molar-refractivity contribution in [2.75, 3.05) is 13.2 Å². The predicted molar refractivity (Wildman–Crippen MR) is 108 cm³/mol. The molecule has 0 aliphatic carbocycles. The summed E-state index contributed by atoms with van der Waals surface area (Å²) in [4.78, 5) is 0. The second-order valence-electron chi connectivity index (χ2n) is 5.50. The van der Waals surface area contributed by atoms with Crippen molar-refractivity contribution < 1.29 is 9.47 Å². The molecule has 3 nitrogen and oxygen atoms in total. The molecule has 0 aromatic heterocycles. The summed E-state index contributed by atoms with van der Waals surface area (Å²) in [7, 11) is 0. The molecule has 0 bridgehead atoms. The second kappa shape index (κ2) is 10.3. The van der Waals surface area contributed by atoms with E-state index in [0.717, 1.165) is 35.1 Å². The van der Waals surface area contributed by atoms with Gasteiger partial charge in [-0.25, -0.2) is 0 Å². The normalized spacial score (nSPS) is 10.8. The summed E-state index contributed by atoms with van der Waals surface area (Å²) in [5, 5.41) is 4.56. The van der Waals surface area contributed by atoms with Crippen LogP contribution < -0.4 is 14.8 Å². The van der Waals surface area contributed by atoms with Gasteiger partial charge in [-0.1, -0.05) is 36.2 Å². The lowest BCUT2D eigenvalue weighted by atomic mass is 10.2. The molecule has 0 saturated carbocycles. The minimum atomic E-state index is 0.268. The van der Waals surface area contributed by atoms with E-state index in [4.69, 9.17) is 32.7 Å². The number of halogens is 3. The number of rotatable bonds is 9. The van der Waals surface area contributed by atoms with Crippen molar-refractivity contribution in [3.05, 3.63) is 56.0 Å². The van der Waals surface area contributed by atoms with Crippen LogP contribution in [0.3, 0.4) is 0 Å². The van der Waals surface area contributed by atoms with Gasteiger partial charge in [0, 0.05) is 22.2 Å². The van der Waals surface area contributed by atoms with Crippen molar-refractivity contribution in [3.63, 3.8) is 0 Å². The number of nitrogens with one attached hydrogen (secondary N) is 1. The van der Waals surface area contributed by atoms with Gasteiger partial charge in [0.15, 0.2) is 11.5 Å². The fraction of sp³-hybridized carbons (Fsp3) is 0.368. The summed E-state index contributed by atoms with van der Waals surface area (Å²) in [5.41, 5.74) is 1.89. The van der Waals surface area contributed by atoms with E-state index in [1.165, 1.54) is 0 Å². The molecule has 0 aliphatic heterocycles. The summed E-state index contributed by atoms with van der Waals surface area (Å²) >= 11 is 16.0. The zero-order chi connectivity index (χ0) is 18.2. The number of benzene rings is 2. The molecule has 2 aromatic carbocycles. The van der Waals surface area contributed by atoms with Gasteiger partial charge in [0.1, 0.15) is 6.61 Å². The molecule has 2 rings (SSSR count). The first-order valence-corrected chi connectivity index (χ1v) is 9.83. The standard InChI is InChI=1S/C19H22BrCl2NO2/c1-3-8-23-11-13-9-15(20)19(18(10-13)24-4-2)25-12-14-16(21)6-5-7-17(14)22/h5-7,9-10,23H,3-4,8,11-12H2,1-2H3. The van der Waals surface area contributed by atoms with Crippen LogP contribution in [0.25, 0.3) is 0 Å². The van der Waals surface area contributed by atoms with E-state index in [9.17, 15) is 0 Å². The molecule has 136 valence electrons. The lowest BCUT2D eigenvalue weighted by molar-refractivity contribution is 0.267. The van der Waals surface area contributed by atoms with Crippen LogP contribution in [0.5, 0.6) is 11.5 Å². The van der Waals surface area contributed by atoms with Gasteiger partial charge in [0.2, 0.25) is 0 Å². The molecule has 2 aromatic rings. The highest BCUT2D eigenvalue weighted by Gasteiger charge is 2.14. The van der Waals surface area contributed by atoms with Gasteiger partial charge in [0.05, 0.1) is 11.1 Å². The van der Waals surface area contributed by atoms with Crippen LogP contribution in [0.15, 0.2) is 34.8 Å². The predicted octanol–water partition coefficient (Wildman–Crippen LogP) is 6.23. The third kappa shape index (κ3) is 5.78. The Bertz CT molecular complexity index is 690. The van der Waals surface area contributed by atoms with Gasteiger partial charge in [-0.2, -0.15) is 0 Å². The molecule has 0 aliphatic rings. The molecule has 0 unspecified atom stereocenters. The lowest BCUT2D eigenvalue weighted by Crippen LogP contribution is -2.14. The maximum atomic E-state index is 6.22. The highest BCUT2D eigenvalue weighted by atomic mass is 79.9. The third-order valence-corrected chi connectivity index (χ3v) is 4.84. The quantitative estimate of drug-likeness (QED) is 0.463. The fourth-order valence-corrected chi connectivity index (χ4v) is 3.46. The van der Waals surface area contributed by atoms with Crippen LogP contribution in [0.2, 0.25) is 10.0 Å². The van der Waals surface area contributed by atoms with Crippen LogP contribution in [0.1, 0.15) is 31.4 Å². The maximum absolute atomic E-state index is 6.22. The van der Waals surface area contributed by atoms with E-state index in [1.807, 2.05) is 25.1 Å². The topological polar surface area (TPSA) is 30.5 Å². The molecule has 0 spiro atoms. The van der Waals surface area contributed by atoms with Gasteiger partial charge < -0.3 is 14.8 Å². The Labute approximate surface area is 167 Å². The average molecular weight is 447 g/mol. The van der Waals surface area contributed by atoms with Crippen LogP contribution >= 0.6 is 39.1 Å². The lowest BCUT2D eigenvalue weighted by Gasteiger charge is -2.16. The summed E-state index contributed by atoms with van der Waals surface area (Å²) in [6, 6.07) is 9.45. The van der Waals surface area contributed by atoms with Crippen molar-refractivity contribution in [2.24, 2.45) is 0 Å². The van der Waals surface area contributed by atoms with Crippen molar-refractivity contribution in [3.8, 4) is 11.5 Å². The van der Waals surface area contributed by atoms with Crippen molar-refractivity contribution in [1.82, 2.24) is 5.32 Å². The summed E-state index contributed by atoms with van der Waals surface area (Å²) in [5.74, 6) is 1.35. The zero-order valence-electron chi connectivity index (χ0n) is 14.4. The Morgan fingerprint density at radius 3 is 2.44 bits per heavy atom. The minimum Gasteiger partial charge on any atom is -0.490 e. The molecule has 0 amide bonds. The molecular weight excluding hydrogens is 425 g/mol. The molecule has 6 heteroatoms. The van der Waals surface area contributed by atoms with Crippen LogP contribution in [-0.4, -0.2) is 13.2 Å². The van der Waals surface area contributed by atoms with Crippen LogP contribution in [0.4, 0.5) is 0 Å². The molecule has 0 atom stereocenters. The monoisotopic (exact) mass is 445 g/mol. The van der Waals surface area contributed by atoms with E-state index < -0.39 is 0 Å². The van der Waals surface area contributed by atoms with Gasteiger partial charge in [-0.3, -0.25) is 0 Å². The molecule has 25 heavy (non-hydrogen) atoms. The number of hydrogen-bond donors (Lipinski definition) is 1. The zero-order valence-corrected chi connectivity index (χ0v) is 17.5. The second-order valence-corrected chi connectivity index (χ2v) is 7.17. The van der Waals surface area contributed by atoms with Gasteiger partial charge in [0.25, 0.3) is 0 Å². The summed E-state index contributed by atoms with van der Waals surface area (Å²) < 4.78 is 12.6. The third-order valence-electron chi connectivity index (χ3n) is 3.55. The van der Waals surface area contributed by atoms with E-state index in [2.05, 4.69) is 28.2 Å². The SMILES string of the molecule is CCCNCc1cc(Br)c(OCc2c(Cl)cccc2Cl)c(OCC)c1. The Kier molecular flexibility index (Phi) is 8.37. The maximum Gasteiger partial charge on any atom is 0.175 e. The van der Waals surface area contributed by atoms with Gasteiger partial charge in [-0.05, 0) is 65.6 Å².